The van der Waals surface area contributed by atoms with E-state index in [-0.39, 0.29) is 24.0 Å². The van der Waals surface area contributed by atoms with Gasteiger partial charge in [-0.15, -0.1) is 24.0 Å². The highest BCUT2D eigenvalue weighted by atomic mass is 127. The maximum Gasteiger partial charge on any atom is 0.191 e. The van der Waals surface area contributed by atoms with Crippen LogP contribution in [-0.2, 0) is 24.4 Å². The number of benzene rings is 1. The molecular formula is C20H29IN4O2. The Morgan fingerprint density at radius 1 is 1.07 bits per heavy atom. The van der Waals surface area contributed by atoms with Gasteiger partial charge in [0.1, 0.15) is 5.76 Å². The molecule has 148 valence electrons. The summed E-state index contributed by atoms with van der Waals surface area (Å²) in [4.78, 5) is 7.08. The van der Waals surface area contributed by atoms with Gasteiger partial charge in [0.05, 0.1) is 32.6 Å². The maximum atomic E-state index is 5.40. The predicted molar refractivity (Wildman–Crippen MR) is 118 cm³/mol. The Balaban J connectivity index is 0.00000261. The van der Waals surface area contributed by atoms with Crippen molar-refractivity contribution in [1.82, 2.24) is 15.5 Å². The van der Waals surface area contributed by atoms with E-state index < -0.39 is 0 Å². The van der Waals surface area contributed by atoms with Crippen molar-refractivity contribution in [1.29, 1.82) is 0 Å². The number of morpholine rings is 1. The van der Waals surface area contributed by atoms with Crippen LogP contribution in [0.4, 0.5) is 0 Å². The van der Waals surface area contributed by atoms with Crippen molar-refractivity contribution >= 4 is 29.9 Å². The quantitative estimate of drug-likeness (QED) is 0.360. The van der Waals surface area contributed by atoms with E-state index in [1.54, 1.807) is 6.26 Å². The van der Waals surface area contributed by atoms with E-state index in [0.717, 1.165) is 51.1 Å². The number of guanidine groups is 1. The molecule has 7 heteroatoms. The molecule has 1 fully saturated rings. The van der Waals surface area contributed by atoms with Gasteiger partial charge in [-0.05, 0) is 30.2 Å². The number of ether oxygens (including phenoxy) is 1. The average Bonchev–Trinajstić information content (AvgIpc) is 3.20. The molecule has 0 amide bonds. The molecule has 2 aromatic rings. The Morgan fingerprint density at radius 3 is 2.48 bits per heavy atom. The van der Waals surface area contributed by atoms with E-state index in [4.69, 9.17) is 9.15 Å². The smallest absolute Gasteiger partial charge is 0.191 e. The van der Waals surface area contributed by atoms with Crippen molar-refractivity contribution < 1.29 is 9.15 Å². The Kier molecular flexibility index (Phi) is 9.65. The fourth-order valence-electron chi connectivity index (χ4n) is 2.86. The molecule has 0 atom stereocenters. The third-order valence-corrected chi connectivity index (χ3v) is 4.31. The third-order valence-electron chi connectivity index (χ3n) is 4.31. The summed E-state index contributed by atoms with van der Waals surface area (Å²) in [6.07, 6.45) is 1.68. The van der Waals surface area contributed by atoms with Crippen molar-refractivity contribution in [2.24, 2.45) is 4.99 Å². The minimum atomic E-state index is 0. The van der Waals surface area contributed by atoms with Gasteiger partial charge in [0, 0.05) is 26.2 Å². The normalized spacial score (nSPS) is 15.2. The van der Waals surface area contributed by atoms with Gasteiger partial charge in [0.25, 0.3) is 0 Å². The topological polar surface area (TPSA) is 62.0 Å². The number of nitrogens with zero attached hydrogens (tertiary/aromatic N) is 2. The average molecular weight is 484 g/mol. The largest absolute Gasteiger partial charge is 0.467 e. The number of hydrogen-bond acceptors (Lipinski definition) is 4. The van der Waals surface area contributed by atoms with Crippen LogP contribution in [0.1, 0.15) is 23.8 Å². The Labute approximate surface area is 178 Å². The fourth-order valence-corrected chi connectivity index (χ4v) is 2.86. The first-order valence-electron chi connectivity index (χ1n) is 9.26. The molecule has 0 aliphatic carbocycles. The van der Waals surface area contributed by atoms with Crippen LogP contribution < -0.4 is 10.6 Å². The van der Waals surface area contributed by atoms with Crippen LogP contribution >= 0.6 is 24.0 Å². The zero-order valence-electron chi connectivity index (χ0n) is 15.8. The van der Waals surface area contributed by atoms with Gasteiger partial charge in [0.15, 0.2) is 5.96 Å². The summed E-state index contributed by atoms with van der Waals surface area (Å²) in [7, 11) is 0. The zero-order valence-corrected chi connectivity index (χ0v) is 18.1. The summed E-state index contributed by atoms with van der Waals surface area (Å²) < 4.78 is 10.7. The molecule has 1 aromatic carbocycles. The minimum absolute atomic E-state index is 0. The maximum absolute atomic E-state index is 5.40. The van der Waals surface area contributed by atoms with E-state index >= 15 is 0 Å². The molecule has 2 N–H and O–H groups in total. The Hall–Kier alpha value is -1.58. The number of furan rings is 1. The summed E-state index contributed by atoms with van der Waals surface area (Å²) in [6, 6.07) is 12.6. The number of halogens is 1. The molecule has 3 rings (SSSR count). The van der Waals surface area contributed by atoms with Crippen LogP contribution in [0.2, 0.25) is 0 Å². The zero-order chi connectivity index (χ0) is 18.0. The summed E-state index contributed by atoms with van der Waals surface area (Å²) >= 11 is 0. The second kappa shape index (κ2) is 12.0. The summed E-state index contributed by atoms with van der Waals surface area (Å²) in [5.74, 6) is 1.68. The molecule has 0 unspecified atom stereocenters. The van der Waals surface area contributed by atoms with Gasteiger partial charge >= 0.3 is 0 Å². The summed E-state index contributed by atoms with van der Waals surface area (Å²) in [6.45, 7) is 8.84. The van der Waals surface area contributed by atoms with Gasteiger partial charge in [-0.25, -0.2) is 4.99 Å². The number of hydrogen-bond donors (Lipinski definition) is 2. The van der Waals surface area contributed by atoms with Gasteiger partial charge in [-0.1, -0.05) is 24.3 Å². The lowest BCUT2D eigenvalue weighted by atomic mass is 10.1. The molecule has 0 saturated carbocycles. The number of aliphatic imine (C=N–C) groups is 1. The molecular weight excluding hydrogens is 455 g/mol. The lowest BCUT2D eigenvalue weighted by Gasteiger charge is -2.26. The van der Waals surface area contributed by atoms with Crippen LogP contribution in [0.5, 0.6) is 0 Å². The number of nitrogens with one attached hydrogen (secondary N) is 2. The second-order valence-electron chi connectivity index (χ2n) is 6.33. The minimum Gasteiger partial charge on any atom is -0.467 e. The van der Waals surface area contributed by atoms with E-state index in [0.29, 0.717) is 13.1 Å². The SMILES string of the molecule is CCNC(=NCc1ccc(CN2CCOCC2)cc1)NCc1ccco1.I. The highest BCUT2D eigenvalue weighted by Gasteiger charge is 2.10. The van der Waals surface area contributed by atoms with Crippen molar-refractivity contribution in [3.63, 3.8) is 0 Å². The highest BCUT2D eigenvalue weighted by molar-refractivity contribution is 14.0. The van der Waals surface area contributed by atoms with Crippen molar-refractivity contribution in [3.8, 4) is 0 Å². The van der Waals surface area contributed by atoms with E-state index in [1.807, 2.05) is 12.1 Å². The summed E-state index contributed by atoms with van der Waals surface area (Å²) in [5.41, 5.74) is 2.54. The van der Waals surface area contributed by atoms with Crippen molar-refractivity contribution in [3.05, 3.63) is 59.5 Å². The van der Waals surface area contributed by atoms with Crippen LogP contribution in [0, 0.1) is 0 Å². The molecule has 6 nitrogen and oxygen atoms in total. The van der Waals surface area contributed by atoms with Crippen molar-refractivity contribution in [2.75, 3.05) is 32.8 Å². The molecule has 27 heavy (non-hydrogen) atoms. The molecule has 0 radical (unpaired) electrons. The predicted octanol–water partition coefficient (Wildman–Crippen LogP) is 2.99. The van der Waals surface area contributed by atoms with Gasteiger partial charge in [-0.2, -0.15) is 0 Å². The first-order chi connectivity index (χ1) is 12.8. The van der Waals surface area contributed by atoms with Crippen LogP contribution in [0.3, 0.4) is 0 Å². The molecule has 1 saturated heterocycles. The van der Waals surface area contributed by atoms with Crippen LogP contribution in [-0.4, -0.2) is 43.7 Å². The second-order valence-corrected chi connectivity index (χ2v) is 6.33. The highest BCUT2D eigenvalue weighted by Crippen LogP contribution is 2.10. The first-order valence-corrected chi connectivity index (χ1v) is 9.26. The lowest BCUT2D eigenvalue weighted by molar-refractivity contribution is 0.0342. The third kappa shape index (κ3) is 7.51. The molecule has 0 spiro atoms. The summed E-state index contributed by atoms with van der Waals surface area (Å²) in [5, 5.41) is 6.55. The van der Waals surface area contributed by atoms with Crippen LogP contribution in [0.15, 0.2) is 52.1 Å². The standard InChI is InChI=1S/C20H28N4O2.HI/c1-2-21-20(23-15-19-4-3-11-26-19)22-14-17-5-7-18(8-6-17)16-24-9-12-25-13-10-24;/h3-8,11H,2,9-10,12-16H2,1H3,(H2,21,22,23);1H. The fraction of sp³-hybridized carbons (Fsp3) is 0.450. The monoisotopic (exact) mass is 484 g/mol. The molecule has 2 heterocycles. The van der Waals surface area contributed by atoms with Crippen LogP contribution in [0.25, 0.3) is 0 Å². The Morgan fingerprint density at radius 2 is 1.81 bits per heavy atom. The first kappa shape index (κ1) is 21.7. The molecule has 1 aliphatic rings. The Bertz CT molecular complexity index is 668. The van der Waals surface area contributed by atoms with Gasteiger partial charge in [-0.3, -0.25) is 4.90 Å². The van der Waals surface area contributed by atoms with Gasteiger partial charge in [0.2, 0.25) is 0 Å². The van der Waals surface area contributed by atoms with E-state index in [2.05, 4.69) is 51.7 Å². The van der Waals surface area contributed by atoms with E-state index in [1.165, 1.54) is 11.1 Å². The molecule has 0 bridgehead atoms. The lowest BCUT2D eigenvalue weighted by Crippen LogP contribution is -2.36. The molecule has 1 aliphatic heterocycles. The van der Waals surface area contributed by atoms with E-state index in [9.17, 15) is 0 Å². The molecule has 1 aromatic heterocycles. The van der Waals surface area contributed by atoms with Gasteiger partial charge < -0.3 is 19.8 Å². The number of rotatable bonds is 7. The van der Waals surface area contributed by atoms with Crippen molar-refractivity contribution in [2.45, 2.75) is 26.6 Å².